The molecule has 2 aromatic carbocycles. The Hall–Kier alpha value is -2.91. The van der Waals surface area contributed by atoms with Crippen LogP contribution >= 0.6 is 0 Å². The van der Waals surface area contributed by atoms with E-state index >= 15 is 0 Å². The van der Waals surface area contributed by atoms with Gasteiger partial charge in [-0.1, -0.05) is 12.1 Å². The highest BCUT2D eigenvalue weighted by atomic mass is 16.6. The molecule has 0 saturated heterocycles. The maximum atomic E-state index is 12.2. The van der Waals surface area contributed by atoms with Crippen molar-refractivity contribution in [2.24, 2.45) is 0 Å². The zero-order valence-electron chi connectivity index (χ0n) is 12.0. The number of rotatable bonds is 5. The van der Waals surface area contributed by atoms with E-state index in [9.17, 15) is 14.9 Å². The van der Waals surface area contributed by atoms with Gasteiger partial charge in [-0.2, -0.15) is 0 Å². The zero-order chi connectivity index (χ0) is 17.0. The fourth-order valence-electron chi connectivity index (χ4n) is 1.87. The molecule has 0 amide bonds. The molecule has 0 bridgehead atoms. The van der Waals surface area contributed by atoms with Gasteiger partial charge in [-0.3, -0.25) is 10.1 Å². The summed E-state index contributed by atoms with van der Waals surface area (Å²) < 4.78 is 10.2. The number of carbonyl (C=O) groups excluding carboxylic acids is 1. The Bertz CT molecular complexity index is 748. The van der Waals surface area contributed by atoms with Crippen LogP contribution in [-0.2, 0) is 0 Å². The highest BCUT2D eigenvalue weighted by Gasteiger charge is 2.21. The Morgan fingerprint density at radius 1 is 1.17 bits per heavy atom. The standard InChI is InChI=1S/C14H12BNO7/c1-22-12-4-2-3-5-13(12)23-14(17)9-6-10(15(18)19)8-11(7-9)16(20)21/h2-8,18-19H,1H3. The molecule has 0 aromatic heterocycles. The number of hydrogen-bond donors (Lipinski definition) is 2. The van der Waals surface area contributed by atoms with Crippen molar-refractivity contribution in [2.45, 2.75) is 0 Å². The summed E-state index contributed by atoms with van der Waals surface area (Å²) in [7, 11) is -0.548. The lowest BCUT2D eigenvalue weighted by Gasteiger charge is -2.09. The molecule has 0 heterocycles. The van der Waals surface area contributed by atoms with Gasteiger partial charge in [0.1, 0.15) is 0 Å². The number of non-ortho nitro benzene ring substituents is 1. The summed E-state index contributed by atoms with van der Waals surface area (Å²) in [6, 6.07) is 9.45. The maximum Gasteiger partial charge on any atom is 0.488 e. The average molecular weight is 317 g/mol. The van der Waals surface area contributed by atoms with Gasteiger partial charge in [0.25, 0.3) is 5.69 Å². The number of methoxy groups -OCH3 is 1. The van der Waals surface area contributed by atoms with Crippen molar-refractivity contribution in [3.05, 3.63) is 58.1 Å². The van der Waals surface area contributed by atoms with E-state index in [0.29, 0.717) is 5.75 Å². The van der Waals surface area contributed by atoms with Gasteiger partial charge in [0, 0.05) is 12.1 Å². The lowest BCUT2D eigenvalue weighted by atomic mass is 9.79. The minimum atomic E-state index is -1.95. The molecule has 0 aliphatic carbocycles. The van der Waals surface area contributed by atoms with Gasteiger partial charge < -0.3 is 19.5 Å². The maximum absolute atomic E-state index is 12.2. The van der Waals surface area contributed by atoms with Gasteiger partial charge in [-0.25, -0.2) is 4.79 Å². The largest absolute Gasteiger partial charge is 0.493 e. The van der Waals surface area contributed by atoms with Crippen LogP contribution in [0.15, 0.2) is 42.5 Å². The Kier molecular flexibility index (Phi) is 4.94. The van der Waals surface area contributed by atoms with Crippen LogP contribution in [0.25, 0.3) is 0 Å². The topological polar surface area (TPSA) is 119 Å². The van der Waals surface area contributed by atoms with E-state index in [1.807, 2.05) is 0 Å². The summed E-state index contributed by atoms with van der Waals surface area (Å²) >= 11 is 0. The van der Waals surface area contributed by atoms with Gasteiger partial charge in [0.15, 0.2) is 11.5 Å². The van der Waals surface area contributed by atoms with E-state index in [-0.39, 0.29) is 16.8 Å². The number of nitro benzene ring substituents is 1. The minimum Gasteiger partial charge on any atom is -0.493 e. The van der Waals surface area contributed by atoms with E-state index in [1.165, 1.54) is 13.2 Å². The lowest BCUT2D eigenvalue weighted by molar-refractivity contribution is -0.384. The number of para-hydroxylation sites is 2. The van der Waals surface area contributed by atoms with Gasteiger partial charge in [-0.05, 0) is 23.7 Å². The number of hydrogen-bond acceptors (Lipinski definition) is 7. The third kappa shape index (κ3) is 3.85. The molecule has 9 heteroatoms. The predicted molar refractivity (Wildman–Crippen MR) is 80.9 cm³/mol. The highest BCUT2D eigenvalue weighted by molar-refractivity contribution is 6.58. The average Bonchev–Trinajstić information content (AvgIpc) is 2.54. The van der Waals surface area contributed by atoms with Crippen LogP contribution in [0.1, 0.15) is 10.4 Å². The predicted octanol–water partition coefficient (Wildman–Crippen LogP) is 0.502. The lowest BCUT2D eigenvalue weighted by Crippen LogP contribution is -2.31. The first-order valence-electron chi connectivity index (χ1n) is 6.43. The number of nitro groups is 1. The third-order valence-electron chi connectivity index (χ3n) is 2.96. The molecule has 0 saturated carbocycles. The van der Waals surface area contributed by atoms with Gasteiger partial charge in [0.2, 0.25) is 0 Å². The first kappa shape index (κ1) is 16.5. The zero-order valence-corrected chi connectivity index (χ0v) is 12.0. The quantitative estimate of drug-likeness (QED) is 0.271. The molecule has 0 unspecified atom stereocenters. The van der Waals surface area contributed by atoms with E-state index in [4.69, 9.17) is 19.5 Å². The van der Waals surface area contributed by atoms with Crippen LogP contribution in [0.2, 0.25) is 0 Å². The molecule has 2 rings (SSSR count). The van der Waals surface area contributed by atoms with Crippen molar-refractivity contribution < 1.29 is 29.2 Å². The summed E-state index contributed by atoms with van der Waals surface area (Å²) in [4.78, 5) is 22.3. The fourth-order valence-corrected chi connectivity index (χ4v) is 1.87. The Morgan fingerprint density at radius 2 is 1.83 bits per heavy atom. The van der Waals surface area contributed by atoms with Crippen molar-refractivity contribution in [1.82, 2.24) is 0 Å². The van der Waals surface area contributed by atoms with Gasteiger partial charge >= 0.3 is 13.1 Å². The van der Waals surface area contributed by atoms with Crippen LogP contribution in [0.5, 0.6) is 11.5 Å². The van der Waals surface area contributed by atoms with Crippen LogP contribution in [-0.4, -0.2) is 35.2 Å². The second kappa shape index (κ2) is 6.90. The van der Waals surface area contributed by atoms with Crippen molar-refractivity contribution in [2.75, 3.05) is 7.11 Å². The van der Waals surface area contributed by atoms with E-state index in [0.717, 1.165) is 18.2 Å². The second-order valence-electron chi connectivity index (χ2n) is 4.48. The first-order valence-corrected chi connectivity index (χ1v) is 6.43. The van der Waals surface area contributed by atoms with Crippen LogP contribution in [0, 0.1) is 10.1 Å². The van der Waals surface area contributed by atoms with Crippen molar-refractivity contribution in [1.29, 1.82) is 0 Å². The molecular weight excluding hydrogens is 305 g/mol. The van der Waals surface area contributed by atoms with Crippen molar-refractivity contribution >= 4 is 24.2 Å². The molecule has 0 fully saturated rings. The van der Waals surface area contributed by atoms with Gasteiger partial charge in [-0.15, -0.1) is 0 Å². The highest BCUT2D eigenvalue weighted by Crippen LogP contribution is 2.27. The van der Waals surface area contributed by atoms with Crippen LogP contribution in [0.3, 0.4) is 0 Å². The Labute approximate surface area is 131 Å². The molecule has 8 nitrogen and oxygen atoms in total. The molecular formula is C14H12BNO7. The smallest absolute Gasteiger partial charge is 0.488 e. The Morgan fingerprint density at radius 3 is 2.39 bits per heavy atom. The molecule has 0 aliphatic heterocycles. The summed E-state index contributed by atoms with van der Waals surface area (Å²) in [5.41, 5.74) is -0.832. The van der Waals surface area contributed by atoms with E-state index in [2.05, 4.69) is 0 Å². The number of nitrogens with zero attached hydrogens (tertiary/aromatic N) is 1. The van der Waals surface area contributed by atoms with Crippen LogP contribution in [0.4, 0.5) is 5.69 Å². The van der Waals surface area contributed by atoms with Gasteiger partial charge in [0.05, 0.1) is 17.6 Å². The van der Waals surface area contributed by atoms with Crippen molar-refractivity contribution in [3.8, 4) is 11.5 Å². The summed E-state index contributed by atoms with van der Waals surface area (Å²) in [5, 5.41) is 29.2. The fraction of sp³-hybridized carbons (Fsp3) is 0.0714. The number of ether oxygens (including phenoxy) is 2. The molecule has 0 radical (unpaired) electrons. The SMILES string of the molecule is COc1ccccc1OC(=O)c1cc(B(O)O)cc([N+](=O)[O-])c1. The molecule has 2 N–H and O–H groups in total. The third-order valence-corrected chi connectivity index (χ3v) is 2.96. The molecule has 23 heavy (non-hydrogen) atoms. The minimum absolute atomic E-state index is 0.137. The molecule has 0 atom stereocenters. The molecule has 0 aliphatic rings. The van der Waals surface area contributed by atoms with Crippen molar-refractivity contribution in [3.63, 3.8) is 0 Å². The normalized spacial score (nSPS) is 10.0. The molecule has 0 spiro atoms. The monoisotopic (exact) mass is 317 g/mol. The first-order chi connectivity index (χ1) is 10.9. The molecule has 2 aromatic rings. The number of benzene rings is 2. The van der Waals surface area contributed by atoms with Crippen LogP contribution < -0.4 is 14.9 Å². The van der Waals surface area contributed by atoms with E-state index < -0.39 is 23.7 Å². The summed E-state index contributed by atoms with van der Waals surface area (Å²) in [5.74, 6) is -0.439. The Balaban J connectivity index is 2.37. The molecule has 118 valence electrons. The summed E-state index contributed by atoms with van der Waals surface area (Å²) in [6.07, 6.45) is 0. The number of carbonyl (C=O) groups is 1. The van der Waals surface area contributed by atoms with E-state index in [1.54, 1.807) is 18.2 Å². The second-order valence-corrected chi connectivity index (χ2v) is 4.48. The number of esters is 1. The summed E-state index contributed by atoms with van der Waals surface area (Å²) in [6.45, 7) is 0.